The molecule has 0 saturated heterocycles. The lowest BCUT2D eigenvalue weighted by atomic mass is 10.4. The van der Waals surface area contributed by atoms with Crippen LogP contribution >= 0.6 is 0 Å². The number of amides is 1. The third-order valence-electron chi connectivity index (χ3n) is 2.15. The van der Waals surface area contributed by atoms with Crippen LogP contribution in [-0.2, 0) is 9.47 Å². The van der Waals surface area contributed by atoms with Crippen molar-refractivity contribution in [1.82, 2.24) is 15.3 Å². The minimum atomic E-state index is -0.428. The van der Waals surface area contributed by atoms with Crippen molar-refractivity contribution in [3.63, 3.8) is 0 Å². The van der Waals surface area contributed by atoms with Crippen LogP contribution in [0.25, 0.3) is 0 Å². The standard InChI is InChI=1S/C12H19N3O3/c1-4-17-11(18-5-2)8-15-12(16)10-7-13-9(3)6-14-10/h6-7,11H,4-5,8H2,1-3H3,(H,15,16). The van der Waals surface area contributed by atoms with E-state index in [1.54, 1.807) is 6.20 Å². The molecule has 0 bridgehead atoms. The van der Waals surface area contributed by atoms with Crippen molar-refractivity contribution in [3.8, 4) is 0 Å². The molecule has 0 aliphatic carbocycles. The van der Waals surface area contributed by atoms with Crippen molar-refractivity contribution in [2.75, 3.05) is 19.8 Å². The summed E-state index contributed by atoms with van der Waals surface area (Å²) < 4.78 is 10.6. The minimum Gasteiger partial charge on any atom is -0.351 e. The summed E-state index contributed by atoms with van der Waals surface area (Å²) in [5, 5.41) is 2.70. The summed E-state index contributed by atoms with van der Waals surface area (Å²) in [5.41, 5.74) is 1.06. The lowest BCUT2D eigenvalue weighted by Gasteiger charge is -2.17. The first kappa shape index (κ1) is 14.5. The average molecular weight is 253 g/mol. The third kappa shape index (κ3) is 4.77. The Morgan fingerprint density at radius 1 is 1.28 bits per heavy atom. The lowest BCUT2D eigenvalue weighted by molar-refractivity contribution is -0.131. The Kier molecular flexibility index (Phi) is 6.24. The van der Waals surface area contributed by atoms with Gasteiger partial charge in [-0.1, -0.05) is 0 Å². The molecular weight excluding hydrogens is 234 g/mol. The van der Waals surface area contributed by atoms with E-state index in [1.165, 1.54) is 6.20 Å². The number of ether oxygens (including phenoxy) is 2. The molecule has 18 heavy (non-hydrogen) atoms. The molecule has 0 atom stereocenters. The van der Waals surface area contributed by atoms with E-state index in [0.29, 0.717) is 13.2 Å². The molecule has 1 heterocycles. The number of nitrogens with one attached hydrogen (secondary N) is 1. The van der Waals surface area contributed by atoms with Crippen molar-refractivity contribution in [1.29, 1.82) is 0 Å². The van der Waals surface area contributed by atoms with Gasteiger partial charge in [0, 0.05) is 19.4 Å². The van der Waals surface area contributed by atoms with Gasteiger partial charge in [0.2, 0.25) is 0 Å². The highest BCUT2D eigenvalue weighted by Gasteiger charge is 2.12. The normalized spacial score (nSPS) is 10.7. The Morgan fingerprint density at radius 3 is 2.44 bits per heavy atom. The second kappa shape index (κ2) is 7.73. The number of carbonyl (C=O) groups is 1. The first-order valence-electron chi connectivity index (χ1n) is 5.97. The number of hydrogen-bond donors (Lipinski definition) is 1. The molecule has 0 fully saturated rings. The summed E-state index contributed by atoms with van der Waals surface area (Å²) in [5.74, 6) is -0.285. The molecule has 1 N–H and O–H groups in total. The van der Waals surface area contributed by atoms with Crippen LogP contribution in [-0.4, -0.2) is 41.9 Å². The van der Waals surface area contributed by atoms with Crippen LogP contribution < -0.4 is 5.32 Å². The zero-order chi connectivity index (χ0) is 13.4. The van der Waals surface area contributed by atoms with Crippen LogP contribution in [0.1, 0.15) is 30.0 Å². The molecule has 1 amide bonds. The van der Waals surface area contributed by atoms with Crippen molar-refractivity contribution in [2.24, 2.45) is 0 Å². The molecule has 0 spiro atoms. The van der Waals surface area contributed by atoms with Crippen LogP contribution in [0.2, 0.25) is 0 Å². The summed E-state index contributed by atoms with van der Waals surface area (Å²) in [7, 11) is 0. The average Bonchev–Trinajstić information content (AvgIpc) is 2.37. The Labute approximate surface area is 107 Å². The molecular formula is C12H19N3O3. The van der Waals surface area contributed by atoms with E-state index in [0.717, 1.165) is 5.69 Å². The Bertz CT molecular complexity index is 361. The molecule has 1 aromatic heterocycles. The molecule has 0 aromatic carbocycles. The Hall–Kier alpha value is -1.53. The highest BCUT2D eigenvalue weighted by atomic mass is 16.7. The van der Waals surface area contributed by atoms with E-state index >= 15 is 0 Å². The lowest BCUT2D eigenvalue weighted by Crippen LogP contribution is -2.35. The number of carbonyl (C=O) groups excluding carboxylic acids is 1. The molecule has 0 unspecified atom stereocenters. The fourth-order valence-corrected chi connectivity index (χ4v) is 1.31. The van der Waals surface area contributed by atoms with Crippen molar-refractivity contribution < 1.29 is 14.3 Å². The van der Waals surface area contributed by atoms with E-state index in [9.17, 15) is 4.79 Å². The van der Waals surface area contributed by atoms with Gasteiger partial charge in [-0.3, -0.25) is 9.78 Å². The van der Waals surface area contributed by atoms with Gasteiger partial charge < -0.3 is 14.8 Å². The van der Waals surface area contributed by atoms with Gasteiger partial charge >= 0.3 is 0 Å². The van der Waals surface area contributed by atoms with Crippen LogP contribution in [0.5, 0.6) is 0 Å². The van der Waals surface area contributed by atoms with E-state index in [1.807, 2.05) is 20.8 Å². The predicted octanol–water partition coefficient (Wildman–Crippen LogP) is 0.914. The number of aromatic nitrogens is 2. The molecule has 6 heteroatoms. The van der Waals surface area contributed by atoms with Crippen molar-refractivity contribution >= 4 is 5.91 Å². The number of rotatable bonds is 7. The fourth-order valence-electron chi connectivity index (χ4n) is 1.31. The smallest absolute Gasteiger partial charge is 0.271 e. The van der Waals surface area contributed by atoms with Crippen molar-refractivity contribution in [3.05, 3.63) is 23.8 Å². The molecule has 1 aromatic rings. The zero-order valence-corrected chi connectivity index (χ0v) is 11.0. The van der Waals surface area contributed by atoms with E-state index in [-0.39, 0.29) is 18.1 Å². The largest absolute Gasteiger partial charge is 0.351 e. The van der Waals surface area contributed by atoms with Crippen molar-refractivity contribution in [2.45, 2.75) is 27.1 Å². The van der Waals surface area contributed by atoms with Crippen LogP contribution in [0.4, 0.5) is 0 Å². The van der Waals surface area contributed by atoms with Gasteiger partial charge in [0.05, 0.1) is 18.4 Å². The second-order valence-corrected chi connectivity index (χ2v) is 3.59. The first-order valence-corrected chi connectivity index (χ1v) is 5.97. The molecule has 0 aliphatic heterocycles. The molecule has 0 radical (unpaired) electrons. The van der Waals surface area contributed by atoms with Gasteiger partial charge in [-0.2, -0.15) is 0 Å². The first-order chi connectivity index (χ1) is 8.67. The number of hydrogen-bond acceptors (Lipinski definition) is 5. The van der Waals surface area contributed by atoms with Gasteiger partial charge in [-0.25, -0.2) is 4.98 Å². The van der Waals surface area contributed by atoms with E-state index in [2.05, 4.69) is 15.3 Å². The number of aryl methyl sites for hydroxylation is 1. The highest BCUT2D eigenvalue weighted by Crippen LogP contribution is 1.96. The summed E-state index contributed by atoms with van der Waals surface area (Å²) in [6, 6.07) is 0. The second-order valence-electron chi connectivity index (χ2n) is 3.59. The summed E-state index contributed by atoms with van der Waals surface area (Å²) >= 11 is 0. The maximum atomic E-state index is 11.7. The zero-order valence-electron chi connectivity index (χ0n) is 11.0. The fraction of sp³-hybridized carbons (Fsp3) is 0.583. The quantitative estimate of drug-likeness (QED) is 0.731. The highest BCUT2D eigenvalue weighted by molar-refractivity contribution is 5.91. The van der Waals surface area contributed by atoms with Gasteiger partial charge in [0.25, 0.3) is 5.91 Å². The number of nitrogens with zero attached hydrogens (tertiary/aromatic N) is 2. The topological polar surface area (TPSA) is 73.3 Å². The molecule has 0 saturated carbocycles. The van der Waals surface area contributed by atoms with E-state index < -0.39 is 6.29 Å². The summed E-state index contributed by atoms with van der Waals surface area (Å²) in [6.45, 7) is 6.92. The SMILES string of the molecule is CCOC(CNC(=O)c1cnc(C)cn1)OCC. The monoisotopic (exact) mass is 253 g/mol. The summed E-state index contributed by atoms with van der Waals surface area (Å²) in [6.07, 6.45) is 2.57. The van der Waals surface area contributed by atoms with Crippen LogP contribution in [0, 0.1) is 6.92 Å². The molecule has 1 rings (SSSR count). The van der Waals surface area contributed by atoms with Gasteiger partial charge in [0.1, 0.15) is 5.69 Å². The maximum Gasteiger partial charge on any atom is 0.271 e. The Morgan fingerprint density at radius 2 is 1.94 bits per heavy atom. The van der Waals surface area contributed by atoms with Gasteiger partial charge in [-0.05, 0) is 20.8 Å². The summed E-state index contributed by atoms with van der Waals surface area (Å²) in [4.78, 5) is 19.8. The third-order valence-corrected chi connectivity index (χ3v) is 2.15. The Balaban J connectivity index is 2.46. The molecule has 6 nitrogen and oxygen atoms in total. The maximum absolute atomic E-state index is 11.7. The van der Waals surface area contributed by atoms with Crippen LogP contribution in [0.15, 0.2) is 12.4 Å². The van der Waals surface area contributed by atoms with E-state index in [4.69, 9.17) is 9.47 Å². The minimum absolute atomic E-state index is 0.285. The van der Waals surface area contributed by atoms with Gasteiger partial charge in [-0.15, -0.1) is 0 Å². The van der Waals surface area contributed by atoms with Gasteiger partial charge in [0.15, 0.2) is 6.29 Å². The predicted molar refractivity (Wildman–Crippen MR) is 66.1 cm³/mol. The molecule has 100 valence electrons. The van der Waals surface area contributed by atoms with Crippen LogP contribution in [0.3, 0.4) is 0 Å². The molecule has 0 aliphatic rings.